The lowest BCUT2D eigenvalue weighted by atomic mass is 9.93. The Bertz CT molecular complexity index is 474. The fraction of sp³-hybridized carbons (Fsp3) is 0.615. The van der Waals surface area contributed by atoms with Gasteiger partial charge in [-0.1, -0.05) is 6.92 Å². The first-order chi connectivity index (χ1) is 9.49. The Balaban J connectivity index is 2.01. The van der Waals surface area contributed by atoms with E-state index in [0.717, 1.165) is 12.0 Å². The average molecular weight is 280 g/mol. The molecule has 1 aromatic rings. The van der Waals surface area contributed by atoms with E-state index < -0.39 is 12.0 Å². The summed E-state index contributed by atoms with van der Waals surface area (Å²) >= 11 is 0. The number of nitrogens with zero attached hydrogens (tertiary/aromatic N) is 2. The summed E-state index contributed by atoms with van der Waals surface area (Å²) in [6, 6.07) is -1.29. The lowest BCUT2D eigenvalue weighted by molar-refractivity contribution is -0.143. The number of piperidine rings is 1. The Morgan fingerprint density at radius 3 is 2.95 bits per heavy atom. The van der Waals surface area contributed by atoms with Crippen molar-refractivity contribution in [2.45, 2.75) is 38.8 Å². The van der Waals surface area contributed by atoms with Crippen LogP contribution in [0.15, 0.2) is 12.4 Å². The number of aromatic nitrogens is 2. The molecule has 1 aliphatic rings. The number of carboxylic acids is 1. The zero-order chi connectivity index (χ0) is 14.7. The van der Waals surface area contributed by atoms with Crippen molar-refractivity contribution < 1.29 is 14.7 Å². The van der Waals surface area contributed by atoms with E-state index in [0.29, 0.717) is 18.9 Å². The standard InChI is InChI=1S/C13H20N4O3/c1-8-3-4-17(11(5-8)12(18)19)13(20)16-9(2)10-6-14-15-7-10/h6-9,11H,3-5H2,1-2H3,(H,14,15)(H,16,20)(H,18,19). The molecule has 0 radical (unpaired) electrons. The van der Waals surface area contributed by atoms with E-state index in [1.54, 1.807) is 12.4 Å². The highest BCUT2D eigenvalue weighted by Gasteiger charge is 2.35. The number of carboxylic acid groups (broad SMARTS) is 1. The van der Waals surface area contributed by atoms with Crippen molar-refractivity contribution in [1.29, 1.82) is 0 Å². The summed E-state index contributed by atoms with van der Waals surface area (Å²) in [4.78, 5) is 25.0. The normalized spacial score (nSPS) is 24.2. The van der Waals surface area contributed by atoms with Gasteiger partial charge in [-0.25, -0.2) is 9.59 Å². The Kier molecular flexibility index (Phi) is 4.26. The van der Waals surface area contributed by atoms with Crippen LogP contribution in [-0.2, 0) is 4.79 Å². The zero-order valence-electron chi connectivity index (χ0n) is 11.7. The number of aliphatic carboxylic acids is 1. The molecular formula is C13H20N4O3. The molecule has 1 aromatic heterocycles. The van der Waals surface area contributed by atoms with Crippen molar-refractivity contribution in [1.82, 2.24) is 20.4 Å². The molecule has 110 valence electrons. The SMILES string of the molecule is CC1CCN(C(=O)NC(C)c2cn[nH]c2)C(C(=O)O)C1. The van der Waals surface area contributed by atoms with E-state index in [1.165, 1.54) is 4.90 Å². The van der Waals surface area contributed by atoms with Crippen LogP contribution in [0.4, 0.5) is 4.79 Å². The van der Waals surface area contributed by atoms with Crippen LogP contribution in [0.25, 0.3) is 0 Å². The molecule has 3 unspecified atom stereocenters. The Morgan fingerprint density at radius 1 is 1.60 bits per heavy atom. The molecule has 2 amide bonds. The number of hydrogen-bond donors (Lipinski definition) is 3. The van der Waals surface area contributed by atoms with Gasteiger partial charge in [0.05, 0.1) is 12.2 Å². The summed E-state index contributed by atoms with van der Waals surface area (Å²) < 4.78 is 0. The van der Waals surface area contributed by atoms with Crippen LogP contribution in [0, 0.1) is 5.92 Å². The fourth-order valence-corrected chi connectivity index (χ4v) is 2.47. The molecule has 20 heavy (non-hydrogen) atoms. The molecular weight excluding hydrogens is 260 g/mol. The molecule has 0 aliphatic carbocycles. The van der Waals surface area contributed by atoms with Crippen molar-refractivity contribution in [3.63, 3.8) is 0 Å². The molecule has 3 N–H and O–H groups in total. The highest BCUT2D eigenvalue weighted by molar-refractivity contribution is 5.83. The van der Waals surface area contributed by atoms with E-state index in [2.05, 4.69) is 15.5 Å². The molecule has 0 spiro atoms. The highest BCUT2D eigenvalue weighted by atomic mass is 16.4. The van der Waals surface area contributed by atoms with Gasteiger partial charge in [0.2, 0.25) is 0 Å². The maximum absolute atomic E-state index is 12.2. The largest absolute Gasteiger partial charge is 0.480 e. The molecule has 7 nitrogen and oxygen atoms in total. The summed E-state index contributed by atoms with van der Waals surface area (Å²) in [5, 5.41) is 18.6. The second kappa shape index (κ2) is 5.94. The summed E-state index contributed by atoms with van der Waals surface area (Å²) in [5.41, 5.74) is 0.857. The summed E-state index contributed by atoms with van der Waals surface area (Å²) in [6.45, 7) is 4.33. The Labute approximate surface area is 117 Å². The topological polar surface area (TPSA) is 98.3 Å². The molecule has 0 bridgehead atoms. The monoisotopic (exact) mass is 280 g/mol. The molecule has 2 rings (SSSR count). The van der Waals surface area contributed by atoms with Crippen molar-refractivity contribution >= 4 is 12.0 Å². The van der Waals surface area contributed by atoms with Gasteiger partial charge in [-0.2, -0.15) is 5.10 Å². The minimum absolute atomic E-state index is 0.213. The van der Waals surface area contributed by atoms with E-state index in [9.17, 15) is 14.7 Å². The van der Waals surface area contributed by atoms with Crippen LogP contribution < -0.4 is 5.32 Å². The summed E-state index contributed by atoms with van der Waals surface area (Å²) in [5.74, 6) is -0.617. The molecule has 2 heterocycles. The number of hydrogen-bond acceptors (Lipinski definition) is 3. The third kappa shape index (κ3) is 3.09. The summed E-state index contributed by atoms with van der Waals surface area (Å²) in [7, 11) is 0. The van der Waals surface area contributed by atoms with Crippen LogP contribution in [0.2, 0.25) is 0 Å². The summed E-state index contributed by atoms with van der Waals surface area (Å²) in [6.07, 6.45) is 4.68. The minimum Gasteiger partial charge on any atom is -0.480 e. The van der Waals surface area contributed by atoms with E-state index >= 15 is 0 Å². The maximum atomic E-state index is 12.2. The van der Waals surface area contributed by atoms with Crippen LogP contribution in [0.1, 0.15) is 38.3 Å². The zero-order valence-corrected chi connectivity index (χ0v) is 11.7. The van der Waals surface area contributed by atoms with Gasteiger partial charge in [0.15, 0.2) is 0 Å². The first-order valence-corrected chi connectivity index (χ1v) is 6.77. The van der Waals surface area contributed by atoms with Gasteiger partial charge in [0.25, 0.3) is 0 Å². The number of urea groups is 1. The van der Waals surface area contributed by atoms with Gasteiger partial charge in [-0.3, -0.25) is 5.10 Å². The molecule has 7 heteroatoms. The predicted octanol–water partition coefficient (Wildman–Crippen LogP) is 1.37. The molecule has 1 fully saturated rings. The molecule has 1 aliphatic heterocycles. The van der Waals surface area contributed by atoms with Crippen molar-refractivity contribution in [3.8, 4) is 0 Å². The Hall–Kier alpha value is -2.05. The molecule has 0 aromatic carbocycles. The smallest absolute Gasteiger partial charge is 0.326 e. The van der Waals surface area contributed by atoms with Crippen LogP contribution >= 0.6 is 0 Å². The number of likely N-dealkylation sites (tertiary alicyclic amines) is 1. The van der Waals surface area contributed by atoms with Gasteiger partial charge < -0.3 is 15.3 Å². The molecule has 3 atom stereocenters. The average Bonchev–Trinajstić information content (AvgIpc) is 2.92. The van der Waals surface area contributed by atoms with Gasteiger partial charge in [-0.15, -0.1) is 0 Å². The Morgan fingerprint density at radius 2 is 2.35 bits per heavy atom. The van der Waals surface area contributed by atoms with Crippen LogP contribution in [0.3, 0.4) is 0 Å². The van der Waals surface area contributed by atoms with Gasteiger partial charge >= 0.3 is 12.0 Å². The maximum Gasteiger partial charge on any atom is 0.326 e. The molecule has 1 saturated heterocycles. The van der Waals surface area contributed by atoms with E-state index in [1.807, 2.05) is 13.8 Å². The van der Waals surface area contributed by atoms with Crippen molar-refractivity contribution in [3.05, 3.63) is 18.0 Å². The predicted molar refractivity (Wildman–Crippen MR) is 72.1 cm³/mol. The molecule has 0 saturated carbocycles. The second-order valence-corrected chi connectivity index (χ2v) is 5.38. The lowest BCUT2D eigenvalue weighted by Gasteiger charge is -2.36. The van der Waals surface area contributed by atoms with Crippen LogP contribution in [-0.4, -0.2) is 44.8 Å². The fourth-order valence-electron chi connectivity index (χ4n) is 2.47. The minimum atomic E-state index is -0.942. The lowest BCUT2D eigenvalue weighted by Crippen LogP contribution is -2.53. The number of H-pyrrole nitrogens is 1. The van der Waals surface area contributed by atoms with E-state index in [4.69, 9.17) is 0 Å². The van der Waals surface area contributed by atoms with E-state index in [-0.39, 0.29) is 12.1 Å². The quantitative estimate of drug-likeness (QED) is 0.778. The number of aromatic amines is 1. The van der Waals surface area contributed by atoms with Crippen molar-refractivity contribution in [2.24, 2.45) is 5.92 Å². The number of carbonyl (C=O) groups is 2. The highest BCUT2D eigenvalue weighted by Crippen LogP contribution is 2.23. The number of nitrogens with one attached hydrogen (secondary N) is 2. The number of rotatable bonds is 3. The first kappa shape index (κ1) is 14.4. The van der Waals surface area contributed by atoms with Gasteiger partial charge in [0.1, 0.15) is 6.04 Å². The van der Waals surface area contributed by atoms with Crippen LogP contribution in [0.5, 0.6) is 0 Å². The third-order valence-corrected chi connectivity index (χ3v) is 3.77. The number of carbonyl (C=O) groups excluding carboxylic acids is 1. The van der Waals surface area contributed by atoms with Gasteiger partial charge in [-0.05, 0) is 25.7 Å². The van der Waals surface area contributed by atoms with Gasteiger partial charge in [0, 0.05) is 18.3 Å². The van der Waals surface area contributed by atoms with Crippen molar-refractivity contribution in [2.75, 3.05) is 6.54 Å². The first-order valence-electron chi connectivity index (χ1n) is 6.77. The number of amides is 2. The second-order valence-electron chi connectivity index (χ2n) is 5.38. The third-order valence-electron chi connectivity index (χ3n) is 3.77.